The van der Waals surface area contributed by atoms with E-state index in [1.807, 2.05) is 66.4 Å². The van der Waals surface area contributed by atoms with E-state index >= 15 is 0 Å². The largest absolute Gasteiger partial charge is 0.453 e. The fraction of sp³-hybridized carbons (Fsp3) is 0.354. The second-order valence-electron chi connectivity index (χ2n) is 17.2. The third-order valence-corrected chi connectivity index (χ3v) is 13.1. The van der Waals surface area contributed by atoms with E-state index < -0.39 is 12.1 Å². The SMILES string of the molecule is COC(=O)N[C@H](C(=O)N1[C@@H]2C[C@@H]2C[C@H]1c1ncc(-c2ccc3cc(-c4ccc(C5=CN=C([C@@H]6C[C@H]7C[C@H]7N6C(=O)OCc6ccccc6)C5)cc4)ccc3c2)[nH]1)C(C)C. The molecule has 7 atom stereocenters. The lowest BCUT2D eigenvalue weighted by molar-refractivity contribution is -0.136. The summed E-state index contributed by atoms with van der Waals surface area (Å²) in [5.74, 6) is 1.60. The van der Waals surface area contributed by atoms with Crippen LogP contribution in [-0.4, -0.2) is 74.9 Å². The molecular weight excluding hydrogens is 741 g/mol. The Bertz CT molecular complexity index is 2510. The first-order valence-corrected chi connectivity index (χ1v) is 20.8. The molecular formula is C48H48N6O5. The fourth-order valence-corrected chi connectivity index (χ4v) is 9.64. The molecule has 5 aliphatic rings. The highest BCUT2D eigenvalue weighted by atomic mass is 16.6. The molecule has 0 unspecified atom stereocenters. The molecule has 3 amide bonds. The van der Waals surface area contributed by atoms with Gasteiger partial charge in [-0.3, -0.25) is 14.7 Å². The maximum atomic E-state index is 13.8. The standard InChI is InChI=1S/C48H48N6O5/c1-27(2)44(52-47(56)58-3)46(55)53-40-20-36(40)23-43(53)45-50-25-39(51-45)34-16-15-32-17-31(13-14-33(32)18-34)29-9-11-30(12-10-29)37-19-38(49-24-37)42-22-35-21-41(35)54(42)48(57)59-26-28-7-5-4-6-8-28/h4-18,24-25,27,35-36,40-44H,19-23,26H2,1-3H3,(H,50,51)(H,52,56)/t35-,36-,40-,41-,42+,43+,44+/m1/s1. The zero-order valence-electron chi connectivity index (χ0n) is 33.5. The van der Waals surface area contributed by atoms with Gasteiger partial charge in [0.2, 0.25) is 5.91 Å². The third kappa shape index (κ3) is 7.06. The van der Waals surface area contributed by atoms with Gasteiger partial charge in [-0.25, -0.2) is 14.6 Å². The first-order chi connectivity index (χ1) is 28.7. The topological polar surface area (TPSA) is 129 Å². The minimum absolute atomic E-state index is 0.0110. The summed E-state index contributed by atoms with van der Waals surface area (Å²) in [6.45, 7) is 4.14. The van der Waals surface area contributed by atoms with Crippen LogP contribution >= 0.6 is 0 Å². The lowest BCUT2D eigenvalue weighted by Crippen LogP contribution is -2.52. The Hall–Kier alpha value is -6.23. The molecule has 11 heteroatoms. The van der Waals surface area contributed by atoms with Gasteiger partial charge in [-0.1, -0.05) is 92.7 Å². The van der Waals surface area contributed by atoms with Crippen LogP contribution in [0.2, 0.25) is 0 Å². The van der Waals surface area contributed by atoms with Gasteiger partial charge in [-0.2, -0.15) is 0 Å². The number of fused-ring (bicyclic) bond motifs is 3. The minimum Gasteiger partial charge on any atom is -0.453 e. The molecule has 5 aromatic rings. The maximum absolute atomic E-state index is 13.8. The number of likely N-dealkylation sites (tertiary alicyclic amines) is 2. The van der Waals surface area contributed by atoms with E-state index in [1.165, 1.54) is 7.11 Å². The van der Waals surface area contributed by atoms with Gasteiger partial charge in [0, 0.05) is 36.0 Å². The van der Waals surface area contributed by atoms with Gasteiger partial charge in [0.05, 0.1) is 31.1 Å². The molecule has 2 N–H and O–H groups in total. The van der Waals surface area contributed by atoms with E-state index in [0.29, 0.717) is 11.8 Å². The number of aliphatic imine (C=N–C) groups is 1. The normalized spacial score (nSPS) is 24.3. The van der Waals surface area contributed by atoms with Crippen LogP contribution in [0.4, 0.5) is 9.59 Å². The van der Waals surface area contributed by atoms with Gasteiger partial charge < -0.3 is 24.7 Å². The summed E-state index contributed by atoms with van der Waals surface area (Å²) >= 11 is 0. The Morgan fingerprint density at radius 3 is 2.19 bits per heavy atom. The van der Waals surface area contributed by atoms with Crippen LogP contribution < -0.4 is 5.32 Å². The Morgan fingerprint density at radius 2 is 1.46 bits per heavy atom. The zero-order valence-corrected chi connectivity index (χ0v) is 33.5. The molecule has 11 nitrogen and oxygen atoms in total. The number of ether oxygens (including phenoxy) is 2. The Balaban J connectivity index is 0.788. The number of nitrogens with zero attached hydrogens (tertiary/aromatic N) is 4. The van der Waals surface area contributed by atoms with E-state index in [-0.39, 0.29) is 48.7 Å². The van der Waals surface area contributed by atoms with Crippen LogP contribution in [0.15, 0.2) is 108 Å². The molecule has 1 aromatic heterocycles. The molecule has 4 aromatic carbocycles. The number of methoxy groups -OCH3 is 1. The number of nitrogens with one attached hydrogen (secondary N) is 2. The molecule has 300 valence electrons. The summed E-state index contributed by atoms with van der Waals surface area (Å²) in [6, 6.07) is 31.1. The second-order valence-corrected chi connectivity index (χ2v) is 17.2. The number of aromatic amines is 1. The first kappa shape index (κ1) is 37.1. The average Bonchev–Trinajstić information content (AvgIpc) is 3.84. The highest BCUT2D eigenvalue weighted by Crippen LogP contribution is 2.53. The summed E-state index contributed by atoms with van der Waals surface area (Å²) in [5.41, 5.74) is 8.53. The minimum atomic E-state index is -0.667. The summed E-state index contributed by atoms with van der Waals surface area (Å²) in [4.78, 5) is 56.2. The summed E-state index contributed by atoms with van der Waals surface area (Å²) in [6.07, 6.45) is 7.56. The lowest BCUT2D eigenvalue weighted by atomic mass is 9.95. The number of H-pyrrole nitrogens is 1. The molecule has 0 radical (unpaired) electrons. The molecule has 2 saturated carbocycles. The Kier molecular flexibility index (Phi) is 9.33. The van der Waals surface area contributed by atoms with Crippen LogP contribution in [0.1, 0.15) is 68.9 Å². The number of amides is 3. The maximum Gasteiger partial charge on any atom is 0.410 e. The quantitative estimate of drug-likeness (QED) is 0.146. The number of carbonyl (C=O) groups is 3. The number of imidazole rings is 1. The third-order valence-electron chi connectivity index (χ3n) is 13.1. The van der Waals surface area contributed by atoms with Gasteiger partial charge in [-0.15, -0.1) is 0 Å². The van der Waals surface area contributed by atoms with Gasteiger partial charge in [0.15, 0.2) is 0 Å². The number of aromatic nitrogens is 2. The number of benzene rings is 4. The highest BCUT2D eigenvalue weighted by Gasteiger charge is 2.57. The number of piperidine rings is 2. The number of alkyl carbamates (subject to hydrolysis) is 1. The van der Waals surface area contributed by atoms with Crippen molar-refractivity contribution in [2.45, 2.75) is 82.8 Å². The highest BCUT2D eigenvalue weighted by molar-refractivity contribution is 6.03. The number of carbonyl (C=O) groups excluding carboxylic acids is 3. The average molecular weight is 789 g/mol. The molecule has 59 heavy (non-hydrogen) atoms. The van der Waals surface area contributed by atoms with Crippen LogP contribution in [0.25, 0.3) is 38.7 Å². The van der Waals surface area contributed by atoms with E-state index in [2.05, 4.69) is 71.0 Å². The fourth-order valence-electron chi connectivity index (χ4n) is 9.64. The van der Waals surface area contributed by atoms with Crippen LogP contribution in [-0.2, 0) is 20.9 Å². The molecule has 4 heterocycles. The molecule has 0 spiro atoms. The molecule has 4 fully saturated rings. The molecule has 0 bridgehead atoms. The van der Waals surface area contributed by atoms with Crippen molar-refractivity contribution in [2.75, 3.05) is 7.11 Å². The second kappa shape index (κ2) is 14.9. The number of hydrogen-bond acceptors (Lipinski definition) is 7. The Labute approximate surface area is 343 Å². The van der Waals surface area contributed by atoms with Crippen molar-refractivity contribution in [1.82, 2.24) is 25.1 Å². The van der Waals surface area contributed by atoms with Gasteiger partial charge in [0.1, 0.15) is 18.5 Å². The van der Waals surface area contributed by atoms with Crippen LogP contribution in [0.3, 0.4) is 0 Å². The predicted molar refractivity (Wildman–Crippen MR) is 226 cm³/mol. The van der Waals surface area contributed by atoms with E-state index in [0.717, 1.165) is 93.5 Å². The smallest absolute Gasteiger partial charge is 0.410 e. The lowest BCUT2D eigenvalue weighted by Gasteiger charge is -2.31. The summed E-state index contributed by atoms with van der Waals surface area (Å²) < 4.78 is 10.6. The predicted octanol–water partition coefficient (Wildman–Crippen LogP) is 8.92. The van der Waals surface area contributed by atoms with Crippen molar-refractivity contribution < 1.29 is 23.9 Å². The molecule has 10 rings (SSSR count). The van der Waals surface area contributed by atoms with Crippen molar-refractivity contribution in [3.63, 3.8) is 0 Å². The van der Waals surface area contributed by atoms with Crippen LogP contribution in [0.5, 0.6) is 0 Å². The monoisotopic (exact) mass is 788 g/mol. The Morgan fingerprint density at radius 1 is 0.797 bits per heavy atom. The molecule has 2 aliphatic carbocycles. The van der Waals surface area contributed by atoms with Gasteiger partial charge >= 0.3 is 12.2 Å². The molecule has 2 saturated heterocycles. The van der Waals surface area contributed by atoms with E-state index in [1.54, 1.807) is 0 Å². The molecule has 3 aliphatic heterocycles. The van der Waals surface area contributed by atoms with E-state index in [9.17, 15) is 14.4 Å². The van der Waals surface area contributed by atoms with Crippen molar-refractivity contribution in [2.24, 2.45) is 22.7 Å². The van der Waals surface area contributed by atoms with Crippen LogP contribution in [0, 0.1) is 17.8 Å². The first-order valence-electron chi connectivity index (χ1n) is 20.8. The summed E-state index contributed by atoms with van der Waals surface area (Å²) in [7, 11) is 1.31. The van der Waals surface area contributed by atoms with Crippen molar-refractivity contribution in [1.29, 1.82) is 0 Å². The number of hydrogen-bond donors (Lipinski definition) is 2. The van der Waals surface area contributed by atoms with Crippen molar-refractivity contribution >= 4 is 40.2 Å². The zero-order chi connectivity index (χ0) is 40.4. The van der Waals surface area contributed by atoms with E-state index in [4.69, 9.17) is 19.5 Å². The van der Waals surface area contributed by atoms with Crippen molar-refractivity contribution in [3.05, 3.63) is 120 Å². The van der Waals surface area contributed by atoms with Crippen molar-refractivity contribution in [3.8, 4) is 22.4 Å². The summed E-state index contributed by atoms with van der Waals surface area (Å²) in [5, 5.41) is 5.01. The van der Waals surface area contributed by atoms with Gasteiger partial charge in [-0.05, 0) is 94.2 Å². The number of allylic oxidation sites excluding steroid dienone is 1. The number of rotatable bonds is 10. The van der Waals surface area contributed by atoms with Gasteiger partial charge in [0.25, 0.3) is 0 Å².